The molecule has 1 atom stereocenters. The monoisotopic (exact) mass is 441 g/mol. The van der Waals surface area contributed by atoms with Gasteiger partial charge in [-0.25, -0.2) is 4.68 Å². The Labute approximate surface area is 180 Å². The van der Waals surface area contributed by atoms with Crippen LogP contribution < -0.4 is 10.5 Å². The molecule has 0 radical (unpaired) electrons. The van der Waals surface area contributed by atoms with Gasteiger partial charge in [0.25, 0.3) is 5.69 Å². The molecule has 0 bridgehead atoms. The quantitative estimate of drug-likeness (QED) is 0.467. The van der Waals surface area contributed by atoms with E-state index in [1.807, 2.05) is 6.07 Å². The van der Waals surface area contributed by atoms with Crippen LogP contribution in [0.25, 0.3) is 5.69 Å². The third-order valence-corrected chi connectivity index (χ3v) is 5.37. The van der Waals surface area contributed by atoms with Gasteiger partial charge < -0.3 is 10.5 Å². The lowest BCUT2D eigenvalue weighted by Crippen LogP contribution is -2.22. The largest absolute Gasteiger partial charge is 0.422 e. The molecule has 1 aromatic heterocycles. The molecule has 0 saturated heterocycles. The molecule has 2 heterocycles. The number of hydrogen-bond donors (Lipinski definition) is 1. The maximum atomic E-state index is 11.3. The first-order chi connectivity index (χ1) is 14.3. The van der Waals surface area contributed by atoms with Crippen LogP contribution in [0.5, 0.6) is 5.88 Å². The molecule has 8 nitrogen and oxygen atoms in total. The minimum Gasteiger partial charge on any atom is -0.422 e. The maximum absolute atomic E-state index is 11.3. The molecule has 150 valence electrons. The minimum atomic E-state index is -0.779. The van der Waals surface area contributed by atoms with Crippen molar-refractivity contribution in [2.24, 2.45) is 5.73 Å². The lowest BCUT2D eigenvalue weighted by atomic mass is 9.84. The zero-order chi connectivity index (χ0) is 21.6. The van der Waals surface area contributed by atoms with E-state index in [0.29, 0.717) is 33.4 Å². The van der Waals surface area contributed by atoms with Crippen LogP contribution in [0.2, 0.25) is 10.0 Å². The maximum Gasteiger partial charge on any atom is 0.269 e. The van der Waals surface area contributed by atoms with E-state index < -0.39 is 10.8 Å². The summed E-state index contributed by atoms with van der Waals surface area (Å²) in [7, 11) is 0. The second-order valence-electron chi connectivity index (χ2n) is 6.58. The third kappa shape index (κ3) is 3.14. The van der Waals surface area contributed by atoms with Gasteiger partial charge in [-0.2, -0.15) is 10.4 Å². The molecule has 0 amide bonds. The third-order valence-electron chi connectivity index (χ3n) is 4.79. The average molecular weight is 442 g/mol. The smallest absolute Gasteiger partial charge is 0.269 e. The SMILES string of the molecule is Cc1nn(-c2cccc(Cl)c2)c2c1[C@H](c1cc([N+](=O)[O-])ccc1Cl)C(C#N)=C(N)O2. The van der Waals surface area contributed by atoms with Crippen molar-refractivity contribution >= 4 is 28.9 Å². The molecule has 0 spiro atoms. The Bertz CT molecular complexity index is 1280. The van der Waals surface area contributed by atoms with Gasteiger partial charge in [0.1, 0.15) is 11.6 Å². The number of aromatic nitrogens is 2. The lowest BCUT2D eigenvalue weighted by molar-refractivity contribution is -0.384. The Kier molecular flexibility index (Phi) is 4.86. The fourth-order valence-electron chi connectivity index (χ4n) is 3.47. The zero-order valence-corrected chi connectivity index (χ0v) is 17.0. The summed E-state index contributed by atoms with van der Waals surface area (Å²) in [6.07, 6.45) is 0. The van der Waals surface area contributed by atoms with Gasteiger partial charge in [-0.3, -0.25) is 10.1 Å². The predicted molar refractivity (Wildman–Crippen MR) is 111 cm³/mol. The lowest BCUT2D eigenvalue weighted by Gasteiger charge is -2.25. The summed E-state index contributed by atoms with van der Waals surface area (Å²) in [5, 5.41) is 26.3. The van der Waals surface area contributed by atoms with E-state index in [9.17, 15) is 15.4 Å². The fraction of sp³-hybridized carbons (Fsp3) is 0.100. The van der Waals surface area contributed by atoms with E-state index in [0.717, 1.165) is 0 Å². The molecule has 3 aromatic rings. The highest BCUT2D eigenvalue weighted by atomic mass is 35.5. The van der Waals surface area contributed by atoms with Gasteiger partial charge in [-0.05, 0) is 36.8 Å². The van der Waals surface area contributed by atoms with Crippen LogP contribution in [0.1, 0.15) is 22.7 Å². The highest BCUT2D eigenvalue weighted by Crippen LogP contribution is 2.47. The highest BCUT2D eigenvalue weighted by molar-refractivity contribution is 6.31. The molecular weight excluding hydrogens is 429 g/mol. The first-order valence-electron chi connectivity index (χ1n) is 8.68. The van der Waals surface area contributed by atoms with E-state index in [2.05, 4.69) is 5.10 Å². The van der Waals surface area contributed by atoms with E-state index in [-0.39, 0.29) is 22.2 Å². The number of nitro groups is 1. The molecular formula is C20H13Cl2N5O3. The Morgan fingerprint density at radius 2 is 2.07 bits per heavy atom. The molecule has 1 aliphatic rings. The number of allylic oxidation sites excluding steroid dienone is 1. The normalized spacial score (nSPS) is 15.3. The number of rotatable bonds is 3. The number of hydrogen-bond acceptors (Lipinski definition) is 6. The number of nitrogens with zero attached hydrogens (tertiary/aromatic N) is 4. The zero-order valence-electron chi connectivity index (χ0n) is 15.5. The van der Waals surface area contributed by atoms with Gasteiger partial charge in [0.05, 0.1) is 27.8 Å². The summed E-state index contributed by atoms with van der Waals surface area (Å²) in [5.41, 5.74) is 8.09. The number of ether oxygens (including phenoxy) is 1. The summed E-state index contributed by atoms with van der Waals surface area (Å²) in [6.45, 7) is 1.75. The molecule has 1 aliphatic heterocycles. The molecule has 2 aromatic carbocycles. The van der Waals surface area contributed by atoms with Crippen LogP contribution in [-0.4, -0.2) is 14.7 Å². The van der Waals surface area contributed by atoms with Crippen LogP contribution in [0, 0.1) is 28.4 Å². The van der Waals surface area contributed by atoms with Crippen molar-refractivity contribution in [3.8, 4) is 17.6 Å². The number of nitro benzene ring substituents is 1. The predicted octanol–water partition coefficient (Wildman–Crippen LogP) is 4.61. The van der Waals surface area contributed by atoms with Crippen molar-refractivity contribution in [1.29, 1.82) is 5.26 Å². The molecule has 0 saturated carbocycles. The molecule has 0 fully saturated rings. The Balaban J connectivity index is 1.99. The van der Waals surface area contributed by atoms with Crippen LogP contribution in [0.3, 0.4) is 0 Å². The second kappa shape index (κ2) is 7.37. The number of nitriles is 1. The number of non-ortho nitro benzene ring substituents is 1. The van der Waals surface area contributed by atoms with Gasteiger partial charge in [0, 0.05) is 22.2 Å². The highest BCUT2D eigenvalue weighted by Gasteiger charge is 2.37. The molecule has 0 unspecified atom stereocenters. The second-order valence-corrected chi connectivity index (χ2v) is 7.43. The van der Waals surface area contributed by atoms with Gasteiger partial charge in [-0.1, -0.05) is 29.3 Å². The summed E-state index contributed by atoms with van der Waals surface area (Å²) in [5.74, 6) is -0.612. The van der Waals surface area contributed by atoms with E-state index >= 15 is 0 Å². The Morgan fingerprint density at radius 1 is 1.30 bits per heavy atom. The van der Waals surface area contributed by atoms with Crippen molar-refractivity contribution in [2.45, 2.75) is 12.8 Å². The summed E-state index contributed by atoms with van der Waals surface area (Å²) in [6, 6.07) is 13.1. The number of aryl methyl sites for hydroxylation is 1. The van der Waals surface area contributed by atoms with E-state index in [1.165, 1.54) is 22.9 Å². The number of fused-ring (bicyclic) bond motifs is 1. The molecule has 2 N–H and O–H groups in total. The molecule has 30 heavy (non-hydrogen) atoms. The summed E-state index contributed by atoms with van der Waals surface area (Å²) < 4.78 is 7.29. The Morgan fingerprint density at radius 3 is 2.73 bits per heavy atom. The first-order valence-corrected chi connectivity index (χ1v) is 9.44. The summed E-state index contributed by atoms with van der Waals surface area (Å²) >= 11 is 12.5. The van der Waals surface area contributed by atoms with Crippen molar-refractivity contribution in [1.82, 2.24) is 9.78 Å². The van der Waals surface area contributed by atoms with Crippen molar-refractivity contribution < 1.29 is 9.66 Å². The Hall–Kier alpha value is -3.54. The fourth-order valence-corrected chi connectivity index (χ4v) is 3.89. The van der Waals surface area contributed by atoms with E-state index in [4.69, 9.17) is 33.7 Å². The minimum absolute atomic E-state index is 0.0960. The van der Waals surface area contributed by atoms with Crippen LogP contribution >= 0.6 is 23.2 Å². The number of benzene rings is 2. The van der Waals surface area contributed by atoms with Crippen LogP contribution in [-0.2, 0) is 0 Å². The molecule has 0 aliphatic carbocycles. The standard InChI is InChI=1S/C20H13Cl2N5O3/c1-10-17-18(14-8-13(27(28)29)5-6-16(14)22)15(9-23)19(24)30-20(17)26(25-10)12-4-2-3-11(21)7-12/h2-8,18H,24H2,1H3/t18-/m1/s1. The number of nitrogens with two attached hydrogens (primary N) is 1. The molecule has 4 rings (SSSR count). The van der Waals surface area contributed by atoms with Crippen LogP contribution in [0.4, 0.5) is 5.69 Å². The number of halogens is 2. The molecule has 10 heteroatoms. The first kappa shape index (κ1) is 19.8. The van der Waals surface area contributed by atoms with Crippen molar-refractivity contribution in [3.05, 3.63) is 90.9 Å². The van der Waals surface area contributed by atoms with Gasteiger partial charge in [0.15, 0.2) is 0 Å². The van der Waals surface area contributed by atoms with Gasteiger partial charge >= 0.3 is 0 Å². The van der Waals surface area contributed by atoms with Crippen LogP contribution in [0.15, 0.2) is 53.9 Å². The van der Waals surface area contributed by atoms with Crippen molar-refractivity contribution in [2.75, 3.05) is 0 Å². The topological polar surface area (TPSA) is 120 Å². The van der Waals surface area contributed by atoms with Crippen molar-refractivity contribution in [3.63, 3.8) is 0 Å². The summed E-state index contributed by atoms with van der Waals surface area (Å²) in [4.78, 5) is 10.8. The average Bonchev–Trinajstić information content (AvgIpc) is 3.03. The van der Waals surface area contributed by atoms with E-state index in [1.54, 1.807) is 31.2 Å². The van der Waals surface area contributed by atoms with Gasteiger partial charge in [0.2, 0.25) is 11.8 Å². The van der Waals surface area contributed by atoms with Gasteiger partial charge in [-0.15, -0.1) is 0 Å².